The number of carbonyl (C=O) groups is 1. The van der Waals surface area contributed by atoms with E-state index in [0.717, 1.165) is 5.56 Å². The molecule has 0 saturated carbocycles. The van der Waals surface area contributed by atoms with Crippen LogP contribution < -0.4 is 20.5 Å². The molecule has 2 aromatic carbocycles. The molecular weight excluding hydrogens is 340 g/mol. The summed E-state index contributed by atoms with van der Waals surface area (Å²) in [6, 6.07) is 12.5. The number of carbonyl (C=O) groups excluding carboxylic acids is 1. The van der Waals surface area contributed by atoms with Crippen molar-refractivity contribution in [2.24, 2.45) is 5.73 Å². The van der Waals surface area contributed by atoms with Crippen molar-refractivity contribution in [2.45, 2.75) is 26.0 Å². The van der Waals surface area contributed by atoms with Crippen molar-refractivity contribution in [1.29, 1.82) is 0 Å². The van der Waals surface area contributed by atoms with Crippen molar-refractivity contribution < 1.29 is 14.3 Å². The van der Waals surface area contributed by atoms with Crippen molar-refractivity contribution in [1.82, 2.24) is 5.32 Å². The van der Waals surface area contributed by atoms with Gasteiger partial charge in [0.15, 0.2) is 11.5 Å². The number of methoxy groups -OCH3 is 1. The van der Waals surface area contributed by atoms with Crippen LogP contribution in [0.1, 0.15) is 29.8 Å². The lowest BCUT2D eigenvalue weighted by Crippen LogP contribution is -2.45. The smallest absolute Gasteiger partial charge is 0.251 e. The molecule has 0 fully saturated rings. The highest BCUT2D eigenvalue weighted by Crippen LogP contribution is 2.29. The fraction of sp³-hybridized carbons (Fsp3) is 0.316. The van der Waals surface area contributed by atoms with Gasteiger partial charge in [-0.1, -0.05) is 23.7 Å². The number of ether oxygens (including phenoxy) is 2. The van der Waals surface area contributed by atoms with E-state index in [2.05, 4.69) is 5.32 Å². The third-order valence-electron chi connectivity index (χ3n) is 3.44. The van der Waals surface area contributed by atoms with E-state index in [9.17, 15) is 4.79 Å². The molecule has 5 nitrogen and oxygen atoms in total. The Balaban J connectivity index is 2.05. The normalized spacial score (nSPS) is 11.1. The Morgan fingerprint density at radius 3 is 2.44 bits per heavy atom. The van der Waals surface area contributed by atoms with Crippen LogP contribution in [0.3, 0.4) is 0 Å². The second-order valence-electron chi connectivity index (χ2n) is 6.45. The summed E-state index contributed by atoms with van der Waals surface area (Å²) >= 11 is 5.87. The molecule has 25 heavy (non-hydrogen) atoms. The molecule has 134 valence electrons. The minimum Gasteiger partial charge on any atom is -0.493 e. The summed E-state index contributed by atoms with van der Waals surface area (Å²) in [4.78, 5) is 12.2. The van der Waals surface area contributed by atoms with Crippen LogP contribution in [0.15, 0.2) is 42.5 Å². The van der Waals surface area contributed by atoms with Crippen LogP contribution in [0.25, 0.3) is 0 Å². The quantitative estimate of drug-likeness (QED) is 0.791. The number of halogens is 1. The molecule has 0 saturated heterocycles. The second-order valence-corrected chi connectivity index (χ2v) is 6.89. The van der Waals surface area contributed by atoms with Gasteiger partial charge in [0.2, 0.25) is 0 Å². The Kier molecular flexibility index (Phi) is 6.28. The summed E-state index contributed by atoms with van der Waals surface area (Å²) < 4.78 is 11.1. The van der Waals surface area contributed by atoms with Crippen LogP contribution in [0.4, 0.5) is 0 Å². The van der Waals surface area contributed by atoms with Crippen LogP contribution in [-0.4, -0.2) is 25.1 Å². The number of benzene rings is 2. The Labute approximate surface area is 153 Å². The summed E-state index contributed by atoms with van der Waals surface area (Å²) in [6.07, 6.45) is 0. The van der Waals surface area contributed by atoms with E-state index in [1.165, 1.54) is 7.11 Å². The first-order valence-electron chi connectivity index (χ1n) is 7.91. The van der Waals surface area contributed by atoms with Gasteiger partial charge in [-0.3, -0.25) is 4.79 Å². The summed E-state index contributed by atoms with van der Waals surface area (Å²) in [5.41, 5.74) is 6.88. The van der Waals surface area contributed by atoms with Gasteiger partial charge in [-0.2, -0.15) is 0 Å². The molecule has 2 rings (SSSR count). The molecule has 0 bridgehead atoms. The number of hydrogen-bond donors (Lipinski definition) is 2. The van der Waals surface area contributed by atoms with Gasteiger partial charge in [0.05, 0.1) is 7.11 Å². The molecule has 2 aromatic rings. The maximum Gasteiger partial charge on any atom is 0.251 e. The van der Waals surface area contributed by atoms with E-state index in [0.29, 0.717) is 35.2 Å². The molecule has 0 spiro atoms. The maximum absolute atomic E-state index is 12.2. The highest BCUT2D eigenvalue weighted by atomic mass is 35.5. The van der Waals surface area contributed by atoms with Gasteiger partial charge in [-0.15, -0.1) is 0 Å². The lowest BCUT2D eigenvalue weighted by atomic mass is 10.1. The third kappa shape index (κ3) is 5.96. The molecule has 6 heteroatoms. The van der Waals surface area contributed by atoms with Gasteiger partial charge in [0.25, 0.3) is 5.91 Å². The Hall–Kier alpha value is -2.24. The number of nitrogens with one attached hydrogen (secondary N) is 1. The number of rotatable bonds is 7. The largest absolute Gasteiger partial charge is 0.493 e. The molecule has 0 aliphatic carbocycles. The minimum absolute atomic E-state index is 0.207. The van der Waals surface area contributed by atoms with E-state index in [4.69, 9.17) is 26.8 Å². The first-order chi connectivity index (χ1) is 11.8. The summed E-state index contributed by atoms with van der Waals surface area (Å²) in [6.45, 7) is 4.45. The van der Waals surface area contributed by atoms with E-state index >= 15 is 0 Å². The zero-order valence-electron chi connectivity index (χ0n) is 14.6. The molecular formula is C19H23ClN2O3. The van der Waals surface area contributed by atoms with E-state index in [-0.39, 0.29) is 5.91 Å². The van der Waals surface area contributed by atoms with Crippen molar-refractivity contribution >= 4 is 17.5 Å². The van der Waals surface area contributed by atoms with Crippen molar-refractivity contribution in [3.05, 3.63) is 58.6 Å². The van der Waals surface area contributed by atoms with Crippen molar-refractivity contribution in [2.75, 3.05) is 13.7 Å². The van der Waals surface area contributed by atoms with Gasteiger partial charge < -0.3 is 20.5 Å². The maximum atomic E-state index is 12.2. The molecule has 0 atom stereocenters. The predicted octanol–water partition coefficient (Wildman–Crippen LogP) is 3.39. The average Bonchev–Trinajstić information content (AvgIpc) is 2.58. The van der Waals surface area contributed by atoms with Gasteiger partial charge in [0, 0.05) is 22.7 Å². The van der Waals surface area contributed by atoms with Gasteiger partial charge in [-0.05, 0) is 49.7 Å². The third-order valence-corrected chi connectivity index (χ3v) is 3.69. The van der Waals surface area contributed by atoms with Gasteiger partial charge >= 0.3 is 0 Å². The lowest BCUT2D eigenvalue weighted by molar-refractivity contribution is 0.0945. The Bertz CT molecular complexity index is 724. The topological polar surface area (TPSA) is 73.6 Å². The van der Waals surface area contributed by atoms with Crippen molar-refractivity contribution in [3.63, 3.8) is 0 Å². The molecule has 1 amide bonds. The fourth-order valence-corrected chi connectivity index (χ4v) is 2.21. The SMILES string of the molecule is COc1cc(C(=O)NCC(C)(C)N)ccc1OCc1ccc(Cl)cc1. The van der Waals surface area contributed by atoms with Crippen LogP contribution in [0.2, 0.25) is 5.02 Å². The van der Waals surface area contributed by atoms with Gasteiger partial charge in [-0.25, -0.2) is 0 Å². The second kappa shape index (κ2) is 8.23. The summed E-state index contributed by atoms with van der Waals surface area (Å²) in [5, 5.41) is 3.48. The standard InChI is InChI=1S/C19H23ClN2O3/c1-19(2,21)12-22-18(23)14-6-9-16(17(10-14)24-3)25-11-13-4-7-15(20)8-5-13/h4-10H,11-12,21H2,1-3H3,(H,22,23). The van der Waals surface area contributed by atoms with E-state index in [1.807, 2.05) is 38.1 Å². The molecule has 0 unspecified atom stereocenters. The van der Waals surface area contributed by atoms with Crippen LogP contribution in [0, 0.1) is 0 Å². The first kappa shape index (κ1) is 19.1. The van der Waals surface area contributed by atoms with Crippen LogP contribution >= 0.6 is 11.6 Å². The van der Waals surface area contributed by atoms with Crippen LogP contribution in [0.5, 0.6) is 11.5 Å². The fourth-order valence-electron chi connectivity index (χ4n) is 2.08. The molecule has 0 aliphatic heterocycles. The highest BCUT2D eigenvalue weighted by molar-refractivity contribution is 6.30. The number of amides is 1. The summed E-state index contributed by atoms with van der Waals surface area (Å²) in [7, 11) is 1.54. The highest BCUT2D eigenvalue weighted by Gasteiger charge is 2.15. The minimum atomic E-state index is -0.471. The molecule has 0 heterocycles. The predicted molar refractivity (Wildman–Crippen MR) is 99.4 cm³/mol. The molecule has 0 radical (unpaired) electrons. The van der Waals surface area contributed by atoms with Gasteiger partial charge in [0.1, 0.15) is 6.61 Å². The summed E-state index contributed by atoms with van der Waals surface area (Å²) in [5.74, 6) is 0.850. The molecule has 3 N–H and O–H groups in total. The molecule has 0 aromatic heterocycles. The first-order valence-corrected chi connectivity index (χ1v) is 8.28. The van der Waals surface area contributed by atoms with E-state index < -0.39 is 5.54 Å². The number of hydrogen-bond acceptors (Lipinski definition) is 4. The monoisotopic (exact) mass is 362 g/mol. The van der Waals surface area contributed by atoms with Crippen molar-refractivity contribution in [3.8, 4) is 11.5 Å². The van der Waals surface area contributed by atoms with E-state index in [1.54, 1.807) is 18.2 Å². The number of nitrogens with two attached hydrogens (primary N) is 1. The van der Waals surface area contributed by atoms with Crippen LogP contribution in [-0.2, 0) is 6.61 Å². The zero-order valence-corrected chi connectivity index (χ0v) is 15.4. The zero-order chi connectivity index (χ0) is 18.4. The molecule has 0 aliphatic rings. The Morgan fingerprint density at radius 2 is 1.84 bits per heavy atom. The average molecular weight is 363 g/mol. The lowest BCUT2D eigenvalue weighted by Gasteiger charge is -2.19. The Morgan fingerprint density at radius 1 is 1.16 bits per heavy atom.